The second-order valence-corrected chi connectivity index (χ2v) is 5.17. The lowest BCUT2D eigenvalue weighted by Crippen LogP contribution is -2.27. The number of amides is 1. The van der Waals surface area contributed by atoms with Crippen LogP contribution in [0.2, 0.25) is 0 Å². The Balaban J connectivity index is 2.37. The van der Waals surface area contributed by atoms with Crippen LogP contribution in [0.3, 0.4) is 0 Å². The van der Waals surface area contributed by atoms with E-state index in [9.17, 15) is 14.7 Å². The first-order valence-corrected chi connectivity index (χ1v) is 5.98. The number of ether oxygens (including phenoxy) is 1. The molecule has 1 amide bonds. The molecule has 2 N–H and O–H groups in total. The van der Waals surface area contributed by atoms with Gasteiger partial charge in [-0.05, 0) is 32.9 Å². The van der Waals surface area contributed by atoms with Gasteiger partial charge in [0.1, 0.15) is 11.2 Å². The zero-order valence-electron chi connectivity index (χ0n) is 11.4. The number of carboxylic acid groups (broad SMARTS) is 1. The molecule has 0 saturated carbocycles. The van der Waals surface area contributed by atoms with Gasteiger partial charge in [0, 0.05) is 6.20 Å². The van der Waals surface area contributed by atoms with Crippen LogP contribution in [0.5, 0.6) is 0 Å². The number of anilines is 1. The predicted octanol–water partition coefficient (Wildman–Crippen LogP) is 2.38. The third kappa shape index (κ3) is 2.87. The number of nitrogens with one attached hydrogen (secondary N) is 1. The van der Waals surface area contributed by atoms with Gasteiger partial charge in [0.25, 0.3) is 0 Å². The number of nitrogens with zero attached hydrogens (tertiary/aromatic N) is 2. The normalized spacial score (nSPS) is 11.3. The van der Waals surface area contributed by atoms with Crippen LogP contribution in [-0.4, -0.2) is 32.2 Å². The maximum Gasteiger partial charge on any atom is 0.413 e. The fourth-order valence-electron chi connectivity index (χ4n) is 1.69. The molecule has 20 heavy (non-hydrogen) atoms. The van der Waals surface area contributed by atoms with Crippen molar-refractivity contribution in [3.8, 4) is 0 Å². The number of imidazole rings is 1. The van der Waals surface area contributed by atoms with Crippen molar-refractivity contribution >= 4 is 23.5 Å². The molecule has 2 aromatic heterocycles. The van der Waals surface area contributed by atoms with Crippen molar-refractivity contribution in [1.82, 2.24) is 9.38 Å². The zero-order chi connectivity index (χ0) is 14.9. The van der Waals surface area contributed by atoms with E-state index in [1.807, 2.05) is 0 Å². The number of aromatic nitrogens is 2. The number of pyridine rings is 1. The maximum atomic E-state index is 11.7. The zero-order valence-corrected chi connectivity index (χ0v) is 11.4. The molecule has 0 aliphatic heterocycles. The number of fused-ring (bicyclic) bond motifs is 1. The highest BCUT2D eigenvalue weighted by Gasteiger charge is 2.22. The summed E-state index contributed by atoms with van der Waals surface area (Å²) in [4.78, 5) is 27.1. The van der Waals surface area contributed by atoms with Crippen LogP contribution in [0.25, 0.3) is 5.65 Å². The van der Waals surface area contributed by atoms with Crippen LogP contribution >= 0.6 is 0 Å². The average molecular weight is 277 g/mol. The van der Waals surface area contributed by atoms with E-state index in [2.05, 4.69) is 10.3 Å². The smallest absolute Gasteiger partial charge is 0.413 e. The molecule has 7 heteroatoms. The Kier molecular flexibility index (Phi) is 3.35. The van der Waals surface area contributed by atoms with Gasteiger partial charge in [0.2, 0.25) is 0 Å². The second-order valence-electron chi connectivity index (χ2n) is 5.17. The van der Waals surface area contributed by atoms with Crippen molar-refractivity contribution in [3.63, 3.8) is 0 Å². The summed E-state index contributed by atoms with van der Waals surface area (Å²) in [5.74, 6) is -1.23. The van der Waals surface area contributed by atoms with E-state index in [1.54, 1.807) is 45.2 Å². The highest BCUT2D eigenvalue weighted by atomic mass is 16.6. The predicted molar refractivity (Wildman–Crippen MR) is 72.0 cm³/mol. The van der Waals surface area contributed by atoms with E-state index in [0.717, 1.165) is 0 Å². The lowest BCUT2D eigenvalue weighted by molar-refractivity contribution is 0.0635. The van der Waals surface area contributed by atoms with E-state index in [-0.39, 0.29) is 11.5 Å². The lowest BCUT2D eigenvalue weighted by atomic mass is 10.2. The molecule has 0 bridgehead atoms. The summed E-state index contributed by atoms with van der Waals surface area (Å²) in [7, 11) is 0. The molecule has 0 saturated heterocycles. The van der Waals surface area contributed by atoms with Crippen LogP contribution in [0.4, 0.5) is 10.6 Å². The molecule has 2 aromatic rings. The van der Waals surface area contributed by atoms with Crippen LogP contribution in [0.1, 0.15) is 31.3 Å². The average Bonchev–Trinajstić information content (AvgIpc) is 2.63. The van der Waals surface area contributed by atoms with Crippen LogP contribution < -0.4 is 5.32 Å². The summed E-state index contributed by atoms with van der Waals surface area (Å²) in [6.07, 6.45) is 0.815. The molecule has 0 unspecified atom stereocenters. The van der Waals surface area contributed by atoms with Crippen LogP contribution in [0.15, 0.2) is 24.4 Å². The Morgan fingerprint density at radius 1 is 1.35 bits per heavy atom. The summed E-state index contributed by atoms with van der Waals surface area (Å²) in [6, 6.07) is 5.05. The SMILES string of the molecule is CC(C)(C)OC(=O)Nc1nc2ccccn2c1C(=O)O. The number of carbonyl (C=O) groups excluding carboxylic acids is 1. The van der Waals surface area contributed by atoms with Gasteiger partial charge in [0.15, 0.2) is 11.5 Å². The van der Waals surface area contributed by atoms with Crippen molar-refractivity contribution in [3.05, 3.63) is 30.1 Å². The summed E-state index contributed by atoms with van der Waals surface area (Å²) < 4.78 is 6.46. The molecule has 0 spiro atoms. The standard InChI is InChI=1S/C13H15N3O4/c1-13(2,3)20-12(19)15-10-9(11(17)18)16-7-5-4-6-8(16)14-10/h4-7H,1-3H3,(H,15,19)(H,17,18). The minimum Gasteiger partial charge on any atom is -0.476 e. The highest BCUT2D eigenvalue weighted by Crippen LogP contribution is 2.18. The first-order valence-electron chi connectivity index (χ1n) is 5.98. The van der Waals surface area contributed by atoms with Crippen molar-refractivity contribution in [1.29, 1.82) is 0 Å². The molecule has 7 nitrogen and oxygen atoms in total. The van der Waals surface area contributed by atoms with Gasteiger partial charge >= 0.3 is 12.1 Å². The van der Waals surface area contributed by atoms with Crippen LogP contribution in [-0.2, 0) is 4.74 Å². The Hall–Kier alpha value is -2.57. The molecule has 106 valence electrons. The summed E-state index contributed by atoms with van der Waals surface area (Å²) in [5, 5.41) is 11.6. The third-order valence-corrected chi connectivity index (χ3v) is 2.35. The number of rotatable bonds is 2. The van der Waals surface area contributed by atoms with Gasteiger partial charge < -0.3 is 9.84 Å². The molecular formula is C13H15N3O4. The van der Waals surface area contributed by atoms with Gasteiger partial charge in [-0.1, -0.05) is 6.07 Å². The van der Waals surface area contributed by atoms with Gasteiger partial charge in [0.05, 0.1) is 0 Å². The molecule has 0 aliphatic rings. The number of aromatic carboxylic acids is 1. The minimum atomic E-state index is -1.19. The topological polar surface area (TPSA) is 92.9 Å². The maximum absolute atomic E-state index is 11.7. The van der Waals surface area contributed by atoms with E-state index >= 15 is 0 Å². The van der Waals surface area contributed by atoms with Gasteiger partial charge in [-0.3, -0.25) is 9.72 Å². The number of hydrogen-bond acceptors (Lipinski definition) is 4. The Bertz CT molecular complexity index is 670. The molecule has 2 heterocycles. The Morgan fingerprint density at radius 2 is 2.05 bits per heavy atom. The van der Waals surface area contributed by atoms with Crippen molar-refractivity contribution < 1.29 is 19.4 Å². The Labute approximate surface area is 115 Å². The Morgan fingerprint density at radius 3 is 2.65 bits per heavy atom. The van der Waals surface area contributed by atoms with Crippen molar-refractivity contribution in [2.24, 2.45) is 0 Å². The first kappa shape index (κ1) is 13.9. The largest absolute Gasteiger partial charge is 0.476 e. The monoisotopic (exact) mass is 277 g/mol. The first-order chi connectivity index (χ1) is 9.28. The van der Waals surface area contributed by atoms with E-state index in [4.69, 9.17) is 4.74 Å². The fraction of sp³-hybridized carbons (Fsp3) is 0.308. The molecule has 0 fully saturated rings. The molecule has 0 aromatic carbocycles. The lowest BCUT2D eigenvalue weighted by Gasteiger charge is -2.19. The number of carbonyl (C=O) groups is 2. The van der Waals surface area contributed by atoms with Gasteiger partial charge in [-0.2, -0.15) is 0 Å². The summed E-state index contributed by atoms with van der Waals surface area (Å²) in [5.41, 5.74) is -0.366. The van der Waals surface area contributed by atoms with Crippen molar-refractivity contribution in [2.75, 3.05) is 5.32 Å². The van der Waals surface area contributed by atoms with Gasteiger partial charge in [-0.25, -0.2) is 14.6 Å². The van der Waals surface area contributed by atoms with Crippen molar-refractivity contribution in [2.45, 2.75) is 26.4 Å². The molecule has 2 rings (SSSR count). The van der Waals surface area contributed by atoms with E-state index in [1.165, 1.54) is 4.40 Å². The van der Waals surface area contributed by atoms with E-state index in [0.29, 0.717) is 5.65 Å². The van der Waals surface area contributed by atoms with Crippen LogP contribution in [0, 0.1) is 0 Å². The quantitative estimate of drug-likeness (QED) is 0.879. The molecule has 0 atom stereocenters. The third-order valence-electron chi connectivity index (χ3n) is 2.35. The molecular weight excluding hydrogens is 262 g/mol. The number of carboxylic acids is 1. The van der Waals surface area contributed by atoms with Gasteiger partial charge in [-0.15, -0.1) is 0 Å². The number of hydrogen-bond donors (Lipinski definition) is 2. The second kappa shape index (κ2) is 4.84. The highest BCUT2D eigenvalue weighted by molar-refractivity contribution is 5.97. The summed E-state index contributed by atoms with van der Waals surface area (Å²) >= 11 is 0. The summed E-state index contributed by atoms with van der Waals surface area (Å²) in [6.45, 7) is 5.15. The molecule has 0 radical (unpaired) electrons. The fourth-order valence-corrected chi connectivity index (χ4v) is 1.69. The minimum absolute atomic E-state index is 0.0436. The van der Waals surface area contributed by atoms with E-state index < -0.39 is 17.7 Å². The molecule has 0 aliphatic carbocycles.